The fraction of sp³-hybridized carbons (Fsp3) is 0.444. The molecule has 138 valence electrons. The lowest BCUT2D eigenvalue weighted by molar-refractivity contribution is -0.137. The topological polar surface area (TPSA) is 94.1 Å². The number of amides is 2. The van der Waals surface area contributed by atoms with E-state index in [0.29, 0.717) is 36.1 Å². The van der Waals surface area contributed by atoms with Gasteiger partial charge in [0, 0.05) is 30.7 Å². The first-order valence-corrected chi connectivity index (χ1v) is 9.53. The van der Waals surface area contributed by atoms with Crippen LogP contribution in [0.3, 0.4) is 0 Å². The van der Waals surface area contributed by atoms with E-state index >= 15 is 0 Å². The molecular formula is C18H23N5O2S. The van der Waals surface area contributed by atoms with Crippen molar-refractivity contribution in [1.82, 2.24) is 19.8 Å². The van der Waals surface area contributed by atoms with Gasteiger partial charge in [-0.1, -0.05) is 56.8 Å². The SMILES string of the molecule is CC(C)(C)c1ccc(-c2nnc(SCCN3C(=O)CCC3=O)n2N)cc1. The highest BCUT2D eigenvalue weighted by molar-refractivity contribution is 7.99. The van der Waals surface area contributed by atoms with Crippen LogP contribution in [0.5, 0.6) is 0 Å². The van der Waals surface area contributed by atoms with Crippen molar-refractivity contribution in [3.05, 3.63) is 29.8 Å². The van der Waals surface area contributed by atoms with Gasteiger partial charge < -0.3 is 5.84 Å². The molecule has 1 aromatic heterocycles. The van der Waals surface area contributed by atoms with Gasteiger partial charge in [-0.3, -0.25) is 14.5 Å². The van der Waals surface area contributed by atoms with Crippen LogP contribution in [-0.4, -0.2) is 43.9 Å². The number of nitrogen functional groups attached to an aromatic ring is 1. The first kappa shape index (κ1) is 18.4. The molecular weight excluding hydrogens is 350 g/mol. The van der Waals surface area contributed by atoms with Crippen LogP contribution in [0.1, 0.15) is 39.2 Å². The van der Waals surface area contributed by atoms with Crippen molar-refractivity contribution >= 4 is 23.6 Å². The Labute approximate surface area is 156 Å². The minimum Gasteiger partial charge on any atom is -0.335 e. The molecule has 26 heavy (non-hydrogen) atoms. The third-order valence-electron chi connectivity index (χ3n) is 4.37. The maximum Gasteiger partial charge on any atom is 0.229 e. The number of carbonyl (C=O) groups excluding carboxylic acids is 2. The van der Waals surface area contributed by atoms with Gasteiger partial charge in [-0.05, 0) is 11.0 Å². The largest absolute Gasteiger partial charge is 0.335 e. The number of carbonyl (C=O) groups is 2. The van der Waals surface area contributed by atoms with Crippen molar-refractivity contribution in [1.29, 1.82) is 0 Å². The standard InChI is InChI=1S/C18H23N5O2S/c1-18(2,3)13-6-4-12(5-7-13)16-20-21-17(23(16)19)26-11-10-22-14(24)8-9-15(22)25/h4-7H,8-11,19H2,1-3H3. The maximum absolute atomic E-state index is 11.6. The summed E-state index contributed by atoms with van der Waals surface area (Å²) in [6.45, 7) is 6.86. The van der Waals surface area contributed by atoms with Gasteiger partial charge in [0.1, 0.15) is 0 Å². The van der Waals surface area contributed by atoms with Gasteiger partial charge in [0.25, 0.3) is 0 Å². The second kappa shape index (κ2) is 7.11. The summed E-state index contributed by atoms with van der Waals surface area (Å²) in [6, 6.07) is 8.12. The van der Waals surface area contributed by atoms with E-state index in [1.54, 1.807) is 0 Å². The number of benzene rings is 1. The molecule has 2 amide bonds. The Morgan fingerprint density at radius 1 is 1.08 bits per heavy atom. The van der Waals surface area contributed by atoms with Crippen LogP contribution in [-0.2, 0) is 15.0 Å². The van der Waals surface area contributed by atoms with Gasteiger partial charge in [-0.15, -0.1) is 10.2 Å². The summed E-state index contributed by atoms with van der Waals surface area (Å²) < 4.78 is 1.45. The molecule has 1 aliphatic heterocycles. The Morgan fingerprint density at radius 3 is 2.27 bits per heavy atom. The molecule has 0 radical (unpaired) electrons. The molecule has 1 aliphatic rings. The van der Waals surface area contributed by atoms with E-state index in [4.69, 9.17) is 5.84 Å². The molecule has 0 spiro atoms. The van der Waals surface area contributed by atoms with Crippen molar-refractivity contribution in [2.45, 2.75) is 44.2 Å². The molecule has 0 unspecified atom stereocenters. The summed E-state index contributed by atoms with van der Waals surface area (Å²) in [5.41, 5.74) is 2.21. The van der Waals surface area contributed by atoms with Gasteiger partial charge >= 0.3 is 0 Å². The number of aromatic nitrogens is 3. The minimum absolute atomic E-state index is 0.0837. The molecule has 0 bridgehead atoms. The number of thioether (sulfide) groups is 1. The summed E-state index contributed by atoms with van der Waals surface area (Å²) in [7, 11) is 0. The maximum atomic E-state index is 11.6. The third kappa shape index (κ3) is 3.75. The summed E-state index contributed by atoms with van der Waals surface area (Å²) in [4.78, 5) is 24.5. The highest BCUT2D eigenvalue weighted by Gasteiger charge is 2.28. The Balaban J connectivity index is 1.66. The zero-order chi connectivity index (χ0) is 18.9. The number of imide groups is 1. The second-order valence-electron chi connectivity index (χ2n) is 7.29. The fourth-order valence-electron chi connectivity index (χ4n) is 2.79. The van der Waals surface area contributed by atoms with Crippen LogP contribution in [0.25, 0.3) is 11.4 Å². The molecule has 0 saturated carbocycles. The predicted octanol–water partition coefficient (Wildman–Crippen LogP) is 2.20. The number of likely N-dealkylation sites (tertiary alicyclic amines) is 1. The first-order chi connectivity index (χ1) is 12.3. The molecule has 1 fully saturated rings. The lowest BCUT2D eigenvalue weighted by Gasteiger charge is -2.19. The second-order valence-corrected chi connectivity index (χ2v) is 8.35. The molecule has 0 aliphatic carbocycles. The lowest BCUT2D eigenvalue weighted by Crippen LogP contribution is -2.31. The first-order valence-electron chi connectivity index (χ1n) is 8.55. The molecule has 3 rings (SSSR count). The van der Waals surface area contributed by atoms with Gasteiger partial charge in [0.2, 0.25) is 17.0 Å². The number of nitrogens with zero attached hydrogens (tertiary/aromatic N) is 4. The number of nitrogens with two attached hydrogens (primary N) is 1. The van der Waals surface area contributed by atoms with Gasteiger partial charge in [0.15, 0.2) is 5.82 Å². The molecule has 1 saturated heterocycles. The quantitative estimate of drug-likeness (QED) is 0.490. The van der Waals surface area contributed by atoms with E-state index in [1.165, 1.54) is 26.9 Å². The zero-order valence-corrected chi connectivity index (χ0v) is 16.0. The molecule has 2 heterocycles. The molecule has 2 N–H and O–H groups in total. The van der Waals surface area contributed by atoms with E-state index < -0.39 is 0 Å². The Bertz CT molecular complexity index is 807. The smallest absolute Gasteiger partial charge is 0.229 e. The molecule has 0 atom stereocenters. The zero-order valence-electron chi connectivity index (χ0n) is 15.2. The lowest BCUT2D eigenvalue weighted by atomic mass is 9.87. The van der Waals surface area contributed by atoms with Crippen molar-refractivity contribution < 1.29 is 9.59 Å². The van der Waals surface area contributed by atoms with Crippen LogP contribution < -0.4 is 5.84 Å². The van der Waals surface area contributed by atoms with Crippen LogP contribution in [0.4, 0.5) is 0 Å². The molecule has 2 aromatic rings. The average molecular weight is 373 g/mol. The van der Waals surface area contributed by atoms with Crippen LogP contribution in [0.2, 0.25) is 0 Å². The van der Waals surface area contributed by atoms with Crippen LogP contribution in [0.15, 0.2) is 29.4 Å². The molecule has 8 heteroatoms. The monoisotopic (exact) mass is 373 g/mol. The average Bonchev–Trinajstić information content (AvgIpc) is 3.11. The highest BCUT2D eigenvalue weighted by Crippen LogP contribution is 2.26. The van der Waals surface area contributed by atoms with Gasteiger partial charge in [-0.2, -0.15) is 0 Å². The Kier molecular flexibility index (Phi) is 5.04. The van der Waals surface area contributed by atoms with Crippen molar-refractivity contribution in [3.8, 4) is 11.4 Å². The van der Waals surface area contributed by atoms with Crippen molar-refractivity contribution in [2.75, 3.05) is 18.1 Å². The number of hydrogen-bond donors (Lipinski definition) is 1. The summed E-state index contributed by atoms with van der Waals surface area (Å²) >= 11 is 1.38. The molecule has 1 aromatic carbocycles. The normalized spacial score (nSPS) is 15.1. The van der Waals surface area contributed by atoms with E-state index in [-0.39, 0.29) is 17.2 Å². The van der Waals surface area contributed by atoms with Crippen LogP contribution >= 0.6 is 11.8 Å². The van der Waals surface area contributed by atoms with E-state index in [2.05, 4.69) is 43.1 Å². The summed E-state index contributed by atoms with van der Waals surface area (Å²) in [5.74, 6) is 7.04. The number of hydrogen-bond acceptors (Lipinski definition) is 6. The molecule has 7 nitrogen and oxygen atoms in total. The summed E-state index contributed by atoms with van der Waals surface area (Å²) in [6.07, 6.45) is 0.622. The van der Waals surface area contributed by atoms with Crippen molar-refractivity contribution in [2.24, 2.45) is 0 Å². The minimum atomic E-state index is -0.107. The third-order valence-corrected chi connectivity index (χ3v) is 5.30. The fourth-order valence-corrected chi connectivity index (χ4v) is 3.57. The Morgan fingerprint density at radius 2 is 1.69 bits per heavy atom. The Hall–Kier alpha value is -2.35. The van der Waals surface area contributed by atoms with Gasteiger partial charge in [0.05, 0.1) is 0 Å². The summed E-state index contributed by atoms with van der Waals surface area (Å²) in [5, 5.41) is 8.86. The van der Waals surface area contributed by atoms with Crippen molar-refractivity contribution in [3.63, 3.8) is 0 Å². The highest BCUT2D eigenvalue weighted by atomic mass is 32.2. The van der Waals surface area contributed by atoms with E-state index in [1.807, 2.05) is 12.1 Å². The predicted molar refractivity (Wildman–Crippen MR) is 101 cm³/mol. The number of rotatable bonds is 5. The van der Waals surface area contributed by atoms with Gasteiger partial charge in [-0.25, -0.2) is 4.68 Å². The van der Waals surface area contributed by atoms with E-state index in [9.17, 15) is 9.59 Å². The van der Waals surface area contributed by atoms with E-state index in [0.717, 1.165) is 5.56 Å². The van der Waals surface area contributed by atoms with Crippen LogP contribution in [0, 0.1) is 0 Å².